The molecule has 2 heterocycles. The monoisotopic (exact) mass is 344 g/mol. The Kier molecular flexibility index (Phi) is 5.56. The average Bonchev–Trinajstić information content (AvgIpc) is 3.23. The maximum absolute atomic E-state index is 12.3. The third-order valence-electron chi connectivity index (χ3n) is 4.08. The van der Waals surface area contributed by atoms with Crippen LogP contribution in [0.15, 0.2) is 35.5 Å². The van der Waals surface area contributed by atoms with E-state index in [1.807, 2.05) is 35.2 Å². The standard InChI is InChI=1S/C18H24N4OS/c1-14(2)12-22-17(15-8-4-3-5-9-15)19-20-18(22)24-13-16(23)21-10-6-7-11-21/h3-5,8-9,14H,6-7,10-13H2,1-2H3. The Morgan fingerprint density at radius 2 is 1.88 bits per heavy atom. The Balaban J connectivity index is 1.77. The minimum Gasteiger partial charge on any atom is -0.342 e. The zero-order chi connectivity index (χ0) is 16.9. The molecule has 1 aromatic heterocycles. The van der Waals surface area contributed by atoms with Crippen LogP contribution < -0.4 is 0 Å². The molecule has 0 radical (unpaired) electrons. The van der Waals surface area contributed by atoms with E-state index >= 15 is 0 Å². The summed E-state index contributed by atoms with van der Waals surface area (Å²) >= 11 is 1.50. The van der Waals surface area contributed by atoms with Gasteiger partial charge in [-0.2, -0.15) is 0 Å². The molecule has 0 bridgehead atoms. The first kappa shape index (κ1) is 17.0. The van der Waals surface area contributed by atoms with Crippen LogP contribution in [0.3, 0.4) is 0 Å². The highest BCUT2D eigenvalue weighted by molar-refractivity contribution is 7.99. The molecule has 2 aromatic rings. The summed E-state index contributed by atoms with van der Waals surface area (Å²) in [7, 11) is 0. The van der Waals surface area contributed by atoms with Crippen molar-refractivity contribution < 1.29 is 4.79 Å². The van der Waals surface area contributed by atoms with Gasteiger partial charge in [-0.05, 0) is 18.8 Å². The van der Waals surface area contributed by atoms with Gasteiger partial charge in [0.15, 0.2) is 11.0 Å². The van der Waals surface area contributed by atoms with Gasteiger partial charge in [-0.25, -0.2) is 0 Å². The van der Waals surface area contributed by atoms with Crippen molar-refractivity contribution in [2.45, 2.75) is 38.4 Å². The first-order valence-electron chi connectivity index (χ1n) is 8.54. The molecule has 3 rings (SSSR count). The van der Waals surface area contributed by atoms with Gasteiger partial charge in [-0.1, -0.05) is 55.9 Å². The summed E-state index contributed by atoms with van der Waals surface area (Å²) in [6.07, 6.45) is 2.25. The number of hydrogen-bond acceptors (Lipinski definition) is 4. The lowest BCUT2D eigenvalue weighted by molar-refractivity contribution is -0.127. The second-order valence-corrected chi connectivity index (χ2v) is 7.50. The molecule has 24 heavy (non-hydrogen) atoms. The number of carbonyl (C=O) groups is 1. The predicted molar refractivity (Wildman–Crippen MR) is 96.8 cm³/mol. The van der Waals surface area contributed by atoms with Gasteiger partial charge < -0.3 is 9.47 Å². The van der Waals surface area contributed by atoms with E-state index in [0.29, 0.717) is 11.7 Å². The number of nitrogens with zero attached hydrogens (tertiary/aromatic N) is 4. The van der Waals surface area contributed by atoms with Crippen LogP contribution in [0.5, 0.6) is 0 Å². The second kappa shape index (κ2) is 7.83. The number of amides is 1. The number of aromatic nitrogens is 3. The number of carbonyl (C=O) groups excluding carboxylic acids is 1. The molecule has 5 nitrogen and oxygen atoms in total. The third-order valence-corrected chi connectivity index (χ3v) is 5.03. The van der Waals surface area contributed by atoms with E-state index in [1.54, 1.807) is 0 Å². The smallest absolute Gasteiger partial charge is 0.233 e. The van der Waals surface area contributed by atoms with Crippen molar-refractivity contribution >= 4 is 17.7 Å². The Labute approximate surface area is 147 Å². The second-order valence-electron chi connectivity index (χ2n) is 6.55. The topological polar surface area (TPSA) is 51.0 Å². The first-order valence-corrected chi connectivity index (χ1v) is 9.53. The van der Waals surface area contributed by atoms with E-state index in [0.717, 1.165) is 49.0 Å². The fraction of sp³-hybridized carbons (Fsp3) is 0.500. The lowest BCUT2D eigenvalue weighted by atomic mass is 10.2. The largest absolute Gasteiger partial charge is 0.342 e. The van der Waals surface area contributed by atoms with Crippen molar-refractivity contribution in [1.29, 1.82) is 0 Å². The van der Waals surface area contributed by atoms with Gasteiger partial charge in [0.1, 0.15) is 0 Å². The van der Waals surface area contributed by atoms with E-state index in [9.17, 15) is 4.79 Å². The molecular formula is C18H24N4OS. The van der Waals surface area contributed by atoms with Gasteiger partial charge in [0, 0.05) is 25.2 Å². The summed E-state index contributed by atoms with van der Waals surface area (Å²) in [4.78, 5) is 14.2. The van der Waals surface area contributed by atoms with Gasteiger partial charge in [-0.15, -0.1) is 10.2 Å². The van der Waals surface area contributed by atoms with Crippen LogP contribution in [0.25, 0.3) is 11.4 Å². The van der Waals surface area contributed by atoms with E-state index in [-0.39, 0.29) is 5.91 Å². The van der Waals surface area contributed by atoms with Crippen LogP contribution >= 0.6 is 11.8 Å². The lowest BCUT2D eigenvalue weighted by Gasteiger charge is -2.15. The van der Waals surface area contributed by atoms with Crippen LogP contribution in [-0.4, -0.2) is 44.4 Å². The summed E-state index contributed by atoms with van der Waals surface area (Å²) in [5.41, 5.74) is 1.06. The van der Waals surface area contributed by atoms with Crippen LogP contribution in [-0.2, 0) is 11.3 Å². The normalized spacial score (nSPS) is 14.5. The summed E-state index contributed by atoms with van der Waals surface area (Å²) in [5.74, 6) is 2.00. The summed E-state index contributed by atoms with van der Waals surface area (Å²) in [6, 6.07) is 10.1. The Morgan fingerprint density at radius 3 is 2.54 bits per heavy atom. The van der Waals surface area contributed by atoms with E-state index in [2.05, 4.69) is 28.6 Å². The average molecular weight is 344 g/mol. The van der Waals surface area contributed by atoms with E-state index in [1.165, 1.54) is 11.8 Å². The molecule has 1 amide bonds. The van der Waals surface area contributed by atoms with Gasteiger partial charge in [0.25, 0.3) is 0 Å². The van der Waals surface area contributed by atoms with Crippen LogP contribution in [0.1, 0.15) is 26.7 Å². The summed E-state index contributed by atoms with van der Waals surface area (Å²) in [6.45, 7) is 7.00. The fourth-order valence-electron chi connectivity index (χ4n) is 2.91. The van der Waals surface area contributed by atoms with Gasteiger partial charge in [0.05, 0.1) is 5.75 Å². The highest BCUT2D eigenvalue weighted by Crippen LogP contribution is 2.25. The van der Waals surface area contributed by atoms with Crippen molar-refractivity contribution in [3.05, 3.63) is 30.3 Å². The number of benzene rings is 1. The maximum atomic E-state index is 12.3. The fourth-order valence-corrected chi connectivity index (χ4v) is 3.76. The molecule has 0 unspecified atom stereocenters. The molecule has 0 saturated carbocycles. The Bertz CT molecular complexity index is 678. The molecule has 6 heteroatoms. The molecule has 1 saturated heterocycles. The van der Waals surface area contributed by atoms with Gasteiger partial charge >= 0.3 is 0 Å². The lowest BCUT2D eigenvalue weighted by Crippen LogP contribution is -2.29. The highest BCUT2D eigenvalue weighted by atomic mass is 32.2. The van der Waals surface area contributed by atoms with Crippen LogP contribution in [0.4, 0.5) is 0 Å². The van der Waals surface area contributed by atoms with Crippen molar-refractivity contribution in [3.63, 3.8) is 0 Å². The minimum atomic E-state index is 0.206. The maximum Gasteiger partial charge on any atom is 0.233 e. The number of hydrogen-bond donors (Lipinski definition) is 0. The quantitative estimate of drug-likeness (QED) is 0.755. The number of rotatable bonds is 6. The Morgan fingerprint density at radius 1 is 1.17 bits per heavy atom. The van der Waals surface area contributed by atoms with Crippen molar-refractivity contribution in [2.75, 3.05) is 18.8 Å². The molecule has 0 aliphatic carbocycles. The molecule has 128 valence electrons. The van der Waals surface area contributed by atoms with E-state index < -0.39 is 0 Å². The van der Waals surface area contributed by atoms with E-state index in [4.69, 9.17) is 0 Å². The molecule has 1 fully saturated rings. The first-order chi connectivity index (χ1) is 11.6. The summed E-state index contributed by atoms with van der Waals surface area (Å²) in [5, 5.41) is 9.56. The van der Waals surface area contributed by atoms with Crippen molar-refractivity contribution in [2.24, 2.45) is 5.92 Å². The number of likely N-dealkylation sites (tertiary alicyclic amines) is 1. The molecule has 0 N–H and O–H groups in total. The SMILES string of the molecule is CC(C)Cn1c(SCC(=O)N2CCCC2)nnc1-c1ccccc1. The molecular weight excluding hydrogens is 320 g/mol. The number of thioether (sulfide) groups is 1. The van der Waals surface area contributed by atoms with Crippen LogP contribution in [0.2, 0.25) is 0 Å². The molecule has 1 aliphatic heterocycles. The molecule has 1 aromatic carbocycles. The molecule has 1 aliphatic rings. The Hall–Kier alpha value is -1.82. The van der Waals surface area contributed by atoms with Crippen molar-refractivity contribution in [1.82, 2.24) is 19.7 Å². The highest BCUT2D eigenvalue weighted by Gasteiger charge is 2.20. The zero-order valence-electron chi connectivity index (χ0n) is 14.3. The van der Waals surface area contributed by atoms with Gasteiger partial charge in [-0.3, -0.25) is 4.79 Å². The molecule has 0 spiro atoms. The van der Waals surface area contributed by atoms with Crippen molar-refractivity contribution in [3.8, 4) is 11.4 Å². The van der Waals surface area contributed by atoms with Gasteiger partial charge in [0.2, 0.25) is 5.91 Å². The summed E-state index contributed by atoms with van der Waals surface area (Å²) < 4.78 is 2.14. The predicted octanol–water partition coefficient (Wildman–Crippen LogP) is 3.32. The molecule has 0 atom stereocenters. The third kappa shape index (κ3) is 3.98. The minimum absolute atomic E-state index is 0.206. The zero-order valence-corrected chi connectivity index (χ0v) is 15.1. The van der Waals surface area contributed by atoms with Crippen LogP contribution in [0, 0.1) is 5.92 Å².